The number of nitrogens with one attached hydrogen (secondary N) is 1. The van der Waals surface area contributed by atoms with Crippen molar-refractivity contribution in [1.82, 2.24) is 5.32 Å². The lowest BCUT2D eigenvalue weighted by Gasteiger charge is -2.26. The predicted molar refractivity (Wildman–Crippen MR) is 106 cm³/mol. The van der Waals surface area contributed by atoms with Gasteiger partial charge in [0.05, 0.1) is 6.61 Å². The topological polar surface area (TPSA) is 41.5 Å². The minimum absolute atomic E-state index is 0.359. The van der Waals surface area contributed by atoms with E-state index in [2.05, 4.69) is 46.0 Å². The Morgan fingerprint density at radius 3 is 2.75 bits per heavy atom. The number of hydrogen-bond acceptors (Lipinski definition) is 4. The van der Waals surface area contributed by atoms with Gasteiger partial charge in [0, 0.05) is 11.3 Å². The summed E-state index contributed by atoms with van der Waals surface area (Å²) in [7, 11) is 0. The van der Waals surface area contributed by atoms with E-state index in [1.807, 2.05) is 11.8 Å². The summed E-state index contributed by atoms with van der Waals surface area (Å²) in [5.41, 5.74) is 1.61. The van der Waals surface area contributed by atoms with Crippen LogP contribution < -0.4 is 5.32 Å². The molecule has 2 N–H and O–H groups in total. The third kappa shape index (κ3) is 8.89. The Bertz CT molecular complexity index is 371. The zero-order valence-electron chi connectivity index (χ0n) is 16.4. The van der Waals surface area contributed by atoms with Crippen LogP contribution in [0.2, 0.25) is 0 Å². The first-order chi connectivity index (χ1) is 11.4. The number of aliphatic hydroxyl groups excluding tert-OH is 1. The van der Waals surface area contributed by atoms with Gasteiger partial charge < -0.3 is 9.84 Å². The molecule has 0 spiro atoms. The SMILES string of the molecule is CC[C@@H](C)C1=CCC(CO[C@H](O)NCCCSC(C)(C)CC)CC1. The van der Waals surface area contributed by atoms with Crippen LogP contribution >= 0.6 is 11.8 Å². The van der Waals surface area contributed by atoms with Crippen molar-refractivity contribution in [3.63, 3.8) is 0 Å². The van der Waals surface area contributed by atoms with Gasteiger partial charge in [0.15, 0.2) is 0 Å². The van der Waals surface area contributed by atoms with Gasteiger partial charge in [0.25, 0.3) is 0 Å². The number of thioether (sulfide) groups is 1. The van der Waals surface area contributed by atoms with Crippen LogP contribution in [0.25, 0.3) is 0 Å². The third-order valence-electron chi connectivity index (χ3n) is 5.27. The van der Waals surface area contributed by atoms with Crippen molar-refractivity contribution in [3.8, 4) is 0 Å². The van der Waals surface area contributed by atoms with E-state index >= 15 is 0 Å². The fraction of sp³-hybridized carbons (Fsp3) is 0.900. The zero-order valence-corrected chi connectivity index (χ0v) is 17.3. The summed E-state index contributed by atoms with van der Waals surface area (Å²) in [5.74, 6) is 2.39. The van der Waals surface area contributed by atoms with Gasteiger partial charge in [0.1, 0.15) is 0 Å². The lowest BCUT2D eigenvalue weighted by Crippen LogP contribution is -2.34. The molecule has 0 heterocycles. The van der Waals surface area contributed by atoms with E-state index in [1.165, 1.54) is 25.7 Å². The average molecular weight is 358 g/mol. The van der Waals surface area contributed by atoms with Gasteiger partial charge in [-0.1, -0.05) is 46.3 Å². The molecular weight excluding hydrogens is 318 g/mol. The highest BCUT2D eigenvalue weighted by atomic mass is 32.2. The van der Waals surface area contributed by atoms with Crippen molar-refractivity contribution in [3.05, 3.63) is 11.6 Å². The van der Waals surface area contributed by atoms with Crippen LogP contribution in [0.4, 0.5) is 0 Å². The van der Waals surface area contributed by atoms with E-state index in [0.29, 0.717) is 17.3 Å². The van der Waals surface area contributed by atoms with Crippen LogP contribution in [0.1, 0.15) is 73.1 Å². The molecule has 0 aromatic rings. The van der Waals surface area contributed by atoms with Gasteiger partial charge in [-0.2, -0.15) is 11.8 Å². The van der Waals surface area contributed by atoms with Gasteiger partial charge >= 0.3 is 0 Å². The molecule has 0 aromatic heterocycles. The van der Waals surface area contributed by atoms with Gasteiger partial charge in [-0.05, 0) is 56.1 Å². The Morgan fingerprint density at radius 1 is 1.42 bits per heavy atom. The average Bonchev–Trinajstić information content (AvgIpc) is 2.59. The largest absolute Gasteiger partial charge is 0.356 e. The molecule has 0 amide bonds. The van der Waals surface area contributed by atoms with Crippen LogP contribution in [-0.2, 0) is 4.74 Å². The quantitative estimate of drug-likeness (QED) is 0.294. The van der Waals surface area contributed by atoms with Crippen molar-refractivity contribution in [1.29, 1.82) is 0 Å². The highest BCUT2D eigenvalue weighted by molar-refractivity contribution is 8.00. The van der Waals surface area contributed by atoms with Crippen molar-refractivity contribution in [2.45, 2.75) is 84.3 Å². The second-order valence-electron chi connectivity index (χ2n) is 7.68. The highest BCUT2D eigenvalue weighted by Gasteiger charge is 2.18. The van der Waals surface area contributed by atoms with Crippen molar-refractivity contribution >= 4 is 11.8 Å². The summed E-state index contributed by atoms with van der Waals surface area (Å²) in [6.07, 6.45) is 8.51. The predicted octanol–water partition coefficient (Wildman–Crippen LogP) is 4.95. The minimum atomic E-state index is -0.825. The molecule has 24 heavy (non-hydrogen) atoms. The molecule has 142 valence electrons. The lowest BCUT2D eigenvalue weighted by atomic mass is 9.84. The Balaban J connectivity index is 2.08. The summed E-state index contributed by atoms with van der Waals surface area (Å²) in [6.45, 7) is 12.8. The van der Waals surface area contributed by atoms with Crippen molar-refractivity contribution in [2.24, 2.45) is 11.8 Å². The van der Waals surface area contributed by atoms with E-state index in [9.17, 15) is 5.11 Å². The number of rotatable bonds is 12. The molecule has 1 unspecified atom stereocenters. The fourth-order valence-electron chi connectivity index (χ4n) is 2.80. The Morgan fingerprint density at radius 2 is 2.17 bits per heavy atom. The van der Waals surface area contributed by atoms with Gasteiger partial charge in [-0.15, -0.1) is 0 Å². The summed E-state index contributed by atoms with van der Waals surface area (Å²) < 4.78 is 5.94. The molecule has 0 aliphatic heterocycles. The van der Waals surface area contributed by atoms with E-state index in [0.717, 1.165) is 31.1 Å². The maximum atomic E-state index is 9.91. The maximum absolute atomic E-state index is 9.91. The molecule has 3 atom stereocenters. The monoisotopic (exact) mass is 357 g/mol. The van der Waals surface area contributed by atoms with Crippen LogP contribution in [0, 0.1) is 11.8 Å². The van der Waals surface area contributed by atoms with E-state index in [4.69, 9.17) is 4.74 Å². The zero-order chi connectivity index (χ0) is 18.0. The smallest absolute Gasteiger partial charge is 0.213 e. The molecule has 0 bridgehead atoms. The molecule has 1 rings (SSSR count). The van der Waals surface area contributed by atoms with Gasteiger partial charge in [-0.25, -0.2) is 0 Å². The molecule has 0 saturated carbocycles. The molecule has 3 nitrogen and oxygen atoms in total. The first-order valence-electron chi connectivity index (χ1n) is 9.73. The Kier molecular flexibility index (Phi) is 10.6. The molecule has 0 saturated heterocycles. The fourth-order valence-corrected chi connectivity index (χ4v) is 3.85. The molecule has 0 aromatic carbocycles. The summed E-state index contributed by atoms with van der Waals surface area (Å²) in [4.78, 5) is 0. The molecule has 0 fully saturated rings. The first kappa shape index (κ1) is 22.0. The Labute approximate surface area is 154 Å². The third-order valence-corrected chi connectivity index (χ3v) is 6.84. The molecule has 1 aliphatic carbocycles. The van der Waals surface area contributed by atoms with E-state index in [-0.39, 0.29) is 0 Å². The van der Waals surface area contributed by atoms with Crippen LogP contribution in [0.5, 0.6) is 0 Å². The van der Waals surface area contributed by atoms with Gasteiger partial charge in [-0.3, -0.25) is 5.32 Å². The van der Waals surface area contributed by atoms with E-state index in [1.54, 1.807) is 5.57 Å². The minimum Gasteiger partial charge on any atom is -0.356 e. The summed E-state index contributed by atoms with van der Waals surface area (Å²) in [6, 6.07) is 0. The van der Waals surface area contributed by atoms with Crippen molar-refractivity contribution in [2.75, 3.05) is 18.9 Å². The van der Waals surface area contributed by atoms with E-state index < -0.39 is 6.41 Å². The molecule has 0 radical (unpaired) electrons. The number of ether oxygens (including phenoxy) is 1. The number of aliphatic hydroxyl groups is 1. The van der Waals surface area contributed by atoms with Crippen LogP contribution in [-0.4, -0.2) is 35.2 Å². The number of hydrogen-bond donors (Lipinski definition) is 2. The van der Waals surface area contributed by atoms with Crippen LogP contribution in [0.3, 0.4) is 0 Å². The Hall–Kier alpha value is -0.0300. The van der Waals surface area contributed by atoms with Crippen LogP contribution in [0.15, 0.2) is 11.6 Å². The molecular formula is C20H39NO2S. The first-order valence-corrected chi connectivity index (χ1v) is 10.7. The van der Waals surface area contributed by atoms with Gasteiger partial charge in [0.2, 0.25) is 6.41 Å². The molecule has 1 aliphatic rings. The molecule has 4 heteroatoms. The standard InChI is InChI=1S/C20H39NO2S/c1-6-16(3)18-11-9-17(10-12-18)15-23-19(22)21-13-8-14-24-20(4,5)7-2/h11,16-17,19,21-22H,6-10,12-15H2,1-5H3/t16-,17?,19+/m1/s1. The summed E-state index contributed by atoms with van der Waals surface area (Å²) >= 11 is 2.00. The second-order valence-corrected chi connectivity index (χ2v) is 9.49. The summed E-state index contributed by atoms with van der Waals surface area (Å²) in [5, 5.41) is 13.0. The maximum Gasteiger partial charge on any atom is 0.213 e. The highest BCUT2D eigenvalue weighted by Crippen LogP contribution is 2.30. The lowest BCUT2D eigenvalue weighted by molar-refractivity contribution is -0.129. The number of allylic oxidation sites excluding steroid dienone is 2. The van der Waals surface area contributed by atoms with Crippen molar-refractivity contribution < 1.29 is 9.84 Å². The normalized spacial score (nSPS) is 21.4. The second kappa shape index (κ2) is 11.6.